The Bertz CT molecular complexity index is 550. The fraction of sp³-hybridized carbons (Fsp3) is 0.235. The first-order valence-electron chi connectivity index (χ1n) is 6.80. The van der Waals surface area contributed by atoms with Crippen LogP contribution in [0.25, 0.3) is 0 Å². The molecule has 0 aliphatic heterocycles. The van der Waals surface area contributed by atoms with E-state index in [4.69, 9.17) is 0 Å². The molecule has 0 fully saturated rings. The van der Waals surface area contributed by atoms with Gasteiger partial charge in [0.15, 0.2) is 5.78 Å². The molecule has 0 aliphatic carbocycles. The number of aliphatic hydroxyl groups excluding tert-OH is 2. The van der Waals surface area contributed by atoms with Gasteiger partial charge in [-0.05, 0) is 11.1 Å². The molecule has 0 radical (unpaired) electrons. The smallest absolute Gasteiger partial charge is 0.166 e. The summed E-state index contributed by atoms with van der Waals surface area (Å²) in [5, 5.41) is 20.6. The fourth-order valence-electron chi connectivity index (χ4n) is 2.10. The molecule has 0 saturated heterocycles. The van der Waals surface area contributed by atoms with E-state index in [0.29, 0.717) is 11.1 Å². The van der Waals surface area contributed by atoms with Gasteiger partial charge in [-0.2, -0.15) is 0 Å². The predicted octanol–water partition coefficient (Wildman–Crippen LogP) is 3.55. The summed E-state index contributed by atoms with van der Waals surface area (Å²) < 4.78 is 0. The molecular weight excluding hydrogens is 412 g/mol. The summed E-state index contributed by atoms with van der Waals surface area (Å²) in [6.45, 7) is 0. The van der Waals surface area contributed by atoms with Crippen LogP contribution >= 0.6 is 31.9 Å². The van der Waals surface area contributed by atoms with E-state index in [1.54, 1.807) is 48.5 Å². The molecule has 2 rings (SSSR count). The number of rotatable bonds is 6. The Kier molecular flexibility index (Phi) is 6.32. The zero-order valence-electron chi connectivity index (χ0n) is 11.6. The van der Waals surface area contributed by atoms with Gasteiger partial charge in [-0.15, -0.1) is 0 Å². The number of carbonyl (C=O) groups excluding carboxylic acids is 1. The highest BCUT2D eigenvalue weighted by Crippen LogP contribution is 2.30. The molecule has 0 aromatic heterocycles. The second-order valence-electron chi connectivity index (χ2n) is 4.92. The van der Waals surface area contributed by atoms with Gasteiger partial charge in [0.05, 0.1) is 12.2 Å². The maximum atomic E-state index is 12.5. The van der Waals surface area contributed by atoms with Crippen LogP contribution in [0.15, 0.2) is 60.7 Å². The average Bonchev–Trinajstić information content (AvgIpc) is 2.60. The predicted molar refractivity (Wildman–Crippen MR) is 93.2 cm³/mol. The topological polar surface area (TPSA) is 57.5 Å². The summed E-state index contributed by atoms with van der Waals surface area (Å²) in [7, 11) is 0. The number of alkyl halides is 2. The Morgan fingerprint density at radius 3 is 1.36 bits per heavy atom. The van der Waals surface area contributed by atoms with Crippen molar-refractivity contribution in [1.82, 2.24) is 0 Å². The highest BCUT2D eigenvalue weighted by molar-refractivity contribution is 9.10. The molecule has 2 N–H and O–H groups in total. The molecule has 4 atom stereocenters. The summed E-state index contributed by atoms with van der Waals surface area (Å²) in [4.78, 5) is 10.8. The number of hydrogen-bond acceptors (Lipinski definition) is 3. The van der Waals surface area contributed by atoms with Gasteiger partial charge in [0, 0.05) is 0 Å². The summed E-state index contributed by atoms with van der Waals surface area (Å²) in [5.74, 6) is -0.312. The maximum absolute atomic E-state index is 12.5. The maximum Gasteiger partial charge on any atom is 0.166 e. The van der Waals surface area contributed by atoms with Crippen molar-refractivity contribution in [2.24, 2.45) is 0 Å². The van der Waals surface area contributed by atoms with Crippen molar-refractivity contribution in [2.45, 2.75) is 21.9 Å². The van der Waals surface area contributed by atoms with Gasteiger partial charge < -0.3 is 10.2 Å². The molecule has 116 valence electrons. The Labute approximate surface area is 146 Å². The third-order valence-corrected chi connectivity index (χ3v) is 5.28. The minimum Gasteiger partial charge on any atom is -0.387 e. The number of ketones is 1. The molecule has 0 unspecified atom stereocenters. The highest BCUT2D eigenvalue weighted by atomic mass is 79.9. The number of halogens is 2. The van der Waals surface area contributed by atoms with E-state index >= 15 is 0 Å². The SMILES string of the molecule is O=C([C@H](Br)[C@H](O)c1ccccc1)[C@H](Br)[C@@H](O)c1ccccc1. The van der Waals surface area contributed by atoms with E-state index in [-0.39, 0.29) is 5.78 Å². The Balaban J connectivity index is 2.10. The number of Topliss-reactive ketones (excluding diaryl/α,β-unsaturated/α-hetero) is 1. The van der Waals surface area contributed by atoms with Crippen molar-refractivity contribution >= 4 is 37.6 Å². The largest absolute Gasteiger partial charge is 0.387 e. The van der Waals surface area contributed by atoms with E-state index in [2.05, 4.69) is 31.9 Å². The first kappa shape index (κ1) is 17.3. The summed E-state index contributed by atoms with van der Waals surface area (Å²) >= 11 is 6.49. The molecule has 0 spiro atoms. The molecule has 2 aromatic rings. The van der Waals surface area contributed by atoms with Crippen LogP contribution in [0, 0.1) is 0 Å². The van der Waals surface area contributed by atoms with E-state index in [9.17, 15) is 15.0 Å². The Morgan fingerprint density at radius 1 is 0.727 bits per heavy atom. The lowest BCUT2D eigenvalue weighted by molar-refractivity contribution is -0.121. The van der Waals surface area contributed by atoms with Crippen LogP contribution in [-0.2, 0) is 4.79 Å². The van der Waals surface area contributed by atoms with Crippen LogP contribution in [0.2, 0.25) is 0 Å². The first-order chi connectivity index (χ1) is 10.5. The monoisotopic (exact) mass is 426 g/mol. The van der Waals surface area contributed by atoms with Crippen LogP contribution in [0.4, 0.5) is 0 Å². The van der Waals surface area contributed by atoms with Gasteiger partial charge in [-0.1, -0.05) is 92.5 Å². The summed E-state index contributed by atoms with van der Waals surface area (Å²) in [6.07, 6.45) is -1.95. The van der Waals surface area contributed by atoms with Gasteiger partial charge >= 0.3 is 0 Å². The minimum absolute atomic E-state index is 0.312. The standard InChI is InChI=1S/C17H16Br2O3/c18-13(15(20)11-7-3-1-4-8-11)17(22)14(19)16(21)12-9-5-2-6-10-12/h1-10,13-16,20-21H/t13-,14-,15-,16+/m1/s1. The van der Waals surface area contributed by atoms with Crippen molar-refractivity contribution in [3.63, 3.8) is 0 Å². The average molecular weight is 428 g/mol. The Hall–Kier alpha value is -1.01. The second kappa shape index (κ2) is 8.02. The van der Waals surface area contributed by atoms with Gasteiger partial charge in [0.1, 0.15) is 9.65 Å². The van der Waals surface area contributed by atoms with Crippen LogP contribution in [0.3, 0.4) is 0 Å². The van der Waals surface area contributed by atoms with Crippen LogP contribution < -0.4 is 0 Å². The molecule has 22 heavy (non-hydrogen) atoms. The van der Waals surface area contributed by atoms with Crippen LogP contribution in [0.5, 0.6) is 0 Å². The molecule has 2 aromatic carbocycles. The molecule has 0 amide bonds. The zero-order valence-corrected chi connectivity index (χ0v) is 14.8. The van der Waals surface area contributed by atoms with Crippen molar-refractivity contribution in [3.05, 3.63) is 71.8 Å². The summed E-state index contributed by atoms with van der Waals surface area (Å²) in [6, 6.07) is 17.9. The fourth-order valence-corrected chi connectivity index (χ4v) is 3.64. The quantitative estimate of drug-likeness (QED) is 0.693. The summed E-state index contributed by atoms with van der Waals surface area (Å²) in [5.41, 5.74) is 1.29. The van der Waals surface area contributed by atoms with Gasteiger partial charge in [-0.3, -0.25) is 4.79 Å². The molecule has 0 aliphatic rings. The number of aliphatic hydroxyl groups is 2. The number of benzene rings is 2. The van der Waals surface area contributed by atoms with E-state index in [1.807, 2.05) is 12.1 Å². The zero-order chi connectivity index (χ0) is 16.1. The molecule has 0 saturated carbocycles. The molecular formula is C17H16Br2O3. The first-order valence-corrected chi connectivity index (χ1v) is 8.63. The highest BCUT2D eigenvalue weighted by Gasteiger charge is 2.34. The van der Waals surface area contributed by atoms with Gasteiger partial charge in [-0.25, -0.2) is 0 Å². The van der Waals surface area contributed by atoms with Crippen molar-refractivity contribution in [3.8, 4) is 0 Å². The Morgan fingerprint density at radius 2 is 1.05 bits per heavy atom. The van der Waals surface area contributed by atoms with Crippen LogP contribution in [0.1, 0.15) is 23.3 Å². The second-order valence-corrected chi connectivity index (χ2v) is 6.89. The lowest BCUT2D eigenvalue weighted by Gasteiger charge is -2.22. The van der Waals surface area contributed by atoms with Crippen molar-refractivity contribution in [2.75, 3.05) is 0 Å². The van der Waals surface area contributed by atoms with Crippen molar-refractivity contribution < 1.29 is 15.0 Å². The molecule has 0 bridgehead atoms. The van der Waals surface area contributed by atoms with E-state index in [0.717, 1.165) is 0 Å². The number of carbonyl (C=O) groups is 1. The molecule has 0 heterocycles. The lowest BCUT2D eigenvalue weighted by Crippen LogP contribution is -2.33. The third kappa shape index (κ3) is 4.04. The third-order valence-electron chi connectivity index (χ3n) is 3.38. The van der Waals surface area contributed by atoms with Crippen molar-refractivity contribution in [1.29, 1.82) is 0 Å². The van der Waals surface area contributed by atoms with Gasteiger partial charge in [0.2, 0.25) is 0 Å². The van der Waals surface area contributed by atoms with Gasteiger partial charge in [0.25, 0.3) is 0 Å². The number of hydrogen-bond donors (Lipinski definition) is 2. The molecule has 3 nitrogen and oxygen atoms in total. The normalized spacial score (nSPS) is 16.5. The van der Waals surface area contributed by atoms with E-state index < -0.39 is 21.9 Å². The minimum atomic E-state index is -0.975. The van der Waals surface area contributed by atoms with Crippen LogP contribution in [-0.4, -0.2) is 25.7 Å². The van der Waals surface area contributed by atoms with E-state index in [1.165, 1.54) is 0 Å². The molecule has 5 heteroatoms. The lowest BCUT2D eigenvalue weighted by atomic mass is 9.98.